The largest absolute Gasteiger partial charge is 0.328 e. The maximum absolute atomic E-state index is 9.10. The first-order valence-electron chi connectivity index (χ1n) is 6.10. The fourth-order valence-corrected chi connectivity index (χ4v) is 2.92. The summed E-state index contributed by atoms with van der Waals surface area (Å²) in [7, 11) is 0. The second-order valence-corrected chi connectivity index (χ2v) is 4.69. The Bertz CT molecular complexity index is 435. The van der Waals surface area contributed by atoms with E-state index in [1.54, 1.807) is 0 Å². The second-order valence-electron chi connectivity index (χ2n) is 4.69. The average molecular weight is 216 g/mol. The van der Waals surface area contributed by atoms with Crippen LogP contribution in [-0.4, -0.2) is 16.1 Å². The van der Waals surface area contributed by atoms with Crippen molar-refractivity contribution in [3.8, 4) is 6.07 Å². The van der Waals surface area contributed by atoms with Crippen molar-refractivity contribution in [2.24, 2.45) is 0 Å². The molecule has 16 heavy (non-hydrogen) atoms. The molecule has 4 nitrogen and oxygen atoms in total. The number of nitrogens with zero attached hydrogens (tertiary/aromatic N) is 3. The van der Waals surface area contributed by atoms with Crippen LogP contribution in [0.2, 0.25) is 0 Å². The molecule has 0 bridgehead atoms. The summed E-state index contributed by atoms with van der Waals surface area (Å²) in [5.74, 6) is 1.77. The molecule has 1 aromatic rings. The molecule has 2 heterocycles. The lowest BCUT2D eigenvalue weighted by atomic mass is 10.1. The first-order valence-corrected chi connectivity index (χ1v) is 6.10. The van der Waals surface area contributed by atoms with Crippen molar-refractivity contribution in [1.82, 2.24) is 14.9 Å². The van der Waals surface area contributed by atoms with E-state index in [1.165, 1.54) is 31.5 Å². The first kappa shape index (κ1) is 9.86. The van der Waals surface area contributed by atoms with Crippen LogP contribution in [-0.2, 0) is 13.1 Å². The number of hydrogen-bond acceptors (Lipinski definition) is 3. The topological polar surface area (TPSA) is 53.6 Å². The summed E-state index contributed by atoms with van der Waals surface area (Å²) in [6, 6.07) is 2.23. The third-order valence-electron chi connectivity index (χ3n) is 3.73. The van der Waals surface area contributed by atoms with E-state index in [-0.39, 0.29) is 0 Å². The Kier molecular flexibility index (Phi) is 2.41. The molecule has 0 amide bonds. The van der Waals surface area contributed by atoms with Crippen molar-refractivity contribution in [2.45, 2.75) is 44.7 Å². The third-order valence-corrected chi connectivity index (χ3v) is 3.73. The fourth-order valence-electron chi connectivity index (χ4n) is 2.92. The van der Waals surface area contributed by atoms with Gasteiger partial charge in [0.15, 0.2) is 5.69 Å². The molecule has 84 valence electrons. The maximum atomic E-state index is 9.10. The van der Waals surface area contributed by atoms with Gasteiger partial charge in [-0.2, -0.15) is 5.26 Å². The van der Waals surface area contributed by atoms with Crippen LogP contribution in [0.15, 0.2) is 0 Å². The Balaban J connectivity index is 2.04. The van der Waals surface area contributed by atoms with Crippen molar-refractivity contribution in [3.05, 3.63) is 17.2 Å². The molecule has 1 saturated carbocycles. The highest BCUT2D eigenvalue weighted by atomic mass is 15.2. The molecule has 2 aliphatic rings. The maximum Gasteiger partial charge on any atom is 0.163 e. The number of aromatic nitrogens is 2. The predicted molar refractivity (Wildman–Crippen MR) is 59.9 cm³/mol. The predicted octanol–water partition coefficient (Wildman–Crippen LogP) is 1.52. The Morgan fingerprint density at radius 1 is 1.38 bits per heavy atom. The van der Waals surface area contributed by atoms with E-state index in [0.29, 0.717) is 11.6 Å². The van der Waals surface area contributed by atoms with Gasteiger partial charge in [-0.3, -0.25) is 0 Å². The van der Waals surface area contributed by atoms with Crippen LogP contribution in [0.1, 0.15) is 48.8 Å². The molecular formula is C12H16N4. The lowest BCUT2D eigenvalue weighted by molar-refractivity contribution is 0.483. The van der Waals surface area contributed by atoms with Crippen LogP contribution in [0, 0.1) is 11.3 Å². The van der Waals surface area contributed by atoms with Crippen molar-refractivity contribution >= 4 is 0 Å². The smallest absolute Gasteiger partial charge is 0.163 e. The molecule has 0 atom stereocenters. The van der Waals surface area contributed by atoms with Gasteiger partial charge < -0.3 is 9.88 Å². The van der Waals surface area contributed by atoms with Gasteiger partial charge in [0.2, 0.25) is 0 Å². The van der Waals surface area contributed by atoms with Crippen LogP contribution in [0.5, 0.6) is 0 Å². The van der Waals surface area contributed by atoms with Crippen molar-refractivity contribution in [3.63, 3.8) is 0 Å². The lowest BCUT2D eigenvalue weighted by Crippen LogP contribution is -2.29. The van der Waals surface area contributed by atoms with Gasteiger partial charge in [-0.15, -0.1) is 0 Å². The molecule has 0 aromatic carbocycles. The highest BCUT2D eigenvalue weighted by Crippen LogP contribution is 2.34. The summed E-state index contributed by atoms with van der Waals surface area (Å²) in [6.07, 6.45) is 5.11. The SMILES string of the molecule is N#Cc1nc(C2CCCC2)n2c1CNCC2. The molecule has 1 aromatic heterocycles. The van der Waals surface area contributed by atoms with E-state index in [9.17, 15) is 0 Å². The summed E-state index contributed by atoms with van der Waals surface area (Å²) >= 11 is 0. The number of nitrogens with one attached hydrogen (secondary N) is 1. The van der Waals surface area contributed by atoms with Gasteiger partial charge in [0.05, 0.1) is 5.69 Å². The van der Waals surface area contributed by atoms with E-state index < -0.39 is 0 Å². The van der Waals surface area contributed by atoms with Gasteiger partial charge in [0.1, 0.15) is 11.9 Å². The molecule has 0 spiro atoms. The van der Waals surface area contributed by atoms with Crippen LogP contribution in [0.3, 0.4) is 0 Å². The first-order chi connectivity index (χ1) is 7.90. The number of hydrogen-bond donors (Lipinski definition) is 1. The highest BCUT2D eigenvalue weighted by molar-refractivity contribution is 5.31. The normalized spacial score (nSPS) is 20.7. The van der Waals surface area contributed by atoms with E-state index in [2.05, 4.69) is 20.9 Å². The summed E-state index contributed by atoms with van der Waals surface area (Å²) in [5.41, 5.74) is 1.73. The quantitative estimate of drug-likeness (QED) is 0.774. The average Bonchev–Trinajstić information content (AvgIpc) is 2.95. The van der Waals surface area contributed by atoms with Gasteiger partial charge in [-0.25, -0.2) is 4.98 Å². The van der Waals surface area contributed by atoms with Gasteiger partial charge in [-0.1, -0.05) is 12.8 Å². The molecule has 1 aliphatic carbocycles. The summed E-state index contributed by atoms with van der Waals surface area (Å²) < 4.78 is 2.28. The summed E-state index contributed by atoms with van der Waals surface area (Å²) in [5, 5.41) is 12.4. The molecule has 1 N–H and O–H groups in total. The Morgan fingerprint density at radius 2 is 2.19 bits per heavy atom. The van der Waals surface area contributed by atoms with E-state index in [4.69, 9.17) is 5.26 Å². The van der Waals surface area contributed by atoms with E-state index in [1.807, 2.05) is 0 Å². The summed E-state index contributed by atoms with van der Waals surface area (Å²) in [6.45, 7) is 2.76. The van der Waals surface area contributed by atoms with E-state index in [0.717, 1.165) is 25.3 Å². The molecule has 4 heteroatoms. The molecule has 0 unspecified atom stereocenters. The Morgan fingerprint density at radius 3 is 2.94 bits per heavy atom. The molecular weight excluding hydrogens is 200 g/mol. The van der Waals surface area contributed by atoms with Gasteiger partial charge in [-0.05, 0) is 12.8 Å². The lowest BCUT2D eigenvalue weighted by Gasteiger charge is -2.20. The second kappa shape index (κ2) is 3.91. The molecule has 3 rings (SSSR count). The Hall–Kier alpha value is -1.34. The van der Waals surface area contributed by atoms with Gasteiger partial charge >= 0.3 is 0 Å². The molecule has 1 aliphatic heterocycles. The zero-order valence-corrected chi connectivity index (χ0v) is 9.37. The van der Waals surface area contributed by atoms with Gasteiger partial charge in [0.25, 0.3) is 0 Å². The molecule has 1 fully saturated rings. The monoisotopic (exact) mass is 216 g/mol. The van der Waals surface area contributed by atoms with Crippen LogP contribution in [0.25, 0.3) is 0 Å². The van der Waals surface area contributed by atoms with Crippen molar-refractivity contribution in [2.75, 3.05) is 6.54 Å². The van der Waals surface area contributed by atoms with Gasteiger partial charge in [0, 0.05) is 25.6 Å². The Labute approximate surface area is 95.3 Å². The number of rotatable bonds is 1. The van der Waals surface area contributed by atoms with Crippen LogP contribution in [0.4, 0.5) is 0 Å². The van der Waals surface area contributed by atoms with E-state index >= 15 is 0 Å². The minimum absolute atomic E-state index is 0.596. The van der Waals surface area contributed by atoms with Crippen molar-refractivity contribution < 1.29 is 0 Å². The van der Waals surface area contributed by atoms with Crippen molar-refractivity contribution in [1.29, 1.82) is 5.26 Å². The minimum Gasteiger partial charge on any atom is -0.328 e. The van der Waals surface area contributed by atoms with Crippen LogP contribution < -0.4 is 5.32 Å². The fraction of sp³-hybridized carbons (Fsp3) is 0.667. The molecule has 0 radical (unpaired) electrons. The third kappa shape index (κ3) is 1.43. The zero-order valence-electron chi connectivity index (χ0n) is 9.37. The zero-order chi connectivity index (χ0) is 11.0. The minimum atomic E-state index is 0.596. The number of nitriles is 1. The molecule has 0 saturated heterocycles. The number of imidazole rings is 1. The highest BCUT2D eigenvalue weighted by Gasteiger charge is 2.26. The number of fused-ring (bicyclic) bond motifs is 1. The van der Waals surface area contributed by atoms with Crippen LogP contribution >= 0.6 is 0 Å². The standard InChI is InChI=1S/C12H16N4/c13-7-10-11-8-14-5-6-16(11)12(15-10)9-3-1-2-4-9/h9,14H,1-6,8H2. The summed E-state index contributed by atoms with van der Waals surface area (Å²) in [4.78, 5) is 4.55.